The van der Waals surface area contributed by atoms with E-state index in [0.29, 0.717) is 13.1 Å². The van der Waals surface area contributed by atoms with Crippen molar-refractivity contribution in [2.75, 3.05) is 13.1 Å². The van der Waals surface area contributed by atoms with E-state index >= 15 is 0 Å². The molecule has 2 rings (SSSR count). The van der Waals surface area contributed by atoms with E-state index in [1.165, 1.54) is 18.2 Å². The van der Waals surface area contributed by atoms with Crippen LogP contribution in [0.4, 0.5) is 5.69 Å². The molecule has 0 aromatic heterocycles. The zero-order valence-electron chi connectivity index (χ0n) is 8.35. The first-order valence-electron chi connectivity index (χ1n) is 4.83. The molecule has 16 heavy (non-hydrogen) atoms. The molecule has 1 aromatic rings. The average Bonchev–Trinajstić information content (AvgIpc) is 2.15. The van der Waals surface area contributed by atoms with Gasteiger partial charge in [0.25, 0.3) is 11.6 Å². The smallest absolute Gasteiger partial charge is 0.270 e. The molecule has 0 unspecified atom stereocenters. The lowest BCUT2D eigenvalue weighted by Gasteiger charge is -2.31. The minimum atomic E-state index is -0.538. The summed E-state index contributed by atoms with van der Waals surface area (Å²) in [4.78, 5) is 23.5. The van der Waals surface area contributed by atoms with E-state index in [1.54, 1.807) is 4.90 Å². The van der Waals surface area contributed by atoms with Crippen LogP contribution in [0.25, 0.3) is 0 Å². The van der Waals surface area contributed by atoms with Gasteiger partial charge in [0.05, 0.1) is 15.5 Å². The van der Waals surface area contributed by atoms with Crippen LogP contribution in [0, 0.1) is 10.1 Å². The van der Waals surface area contributed by atoms with Gasteiger partial charge in [0.2, 0.25) is 0 Å². The number of likely N-dealkylation sites (tertiary alicyclic amines) is 1. The maximum Gasteiger partial charge on any atom is 0.270 e. The van der Waals surface area contributed by atoms with Crippen molar-refractivity contribution in [3.05, 3.63) is 38.9 Å². The molecular weight excluding hydrogens is 232 g/mol. The third-order valence-electron chi connectivity index (χ3n) is 2.53. The number of carbonyl (C=O) groups excluding carboxylic acids is 1. The van der Waals surface area contributed by atoms with Crippen molar-refractivity contribution in [3.63, 3.8) is 0 Å². The lowest BCUT2D eigenvalue weighted by molar-refractivity contribution is -0.384. The van der Waals surface area contributed by atoms with E-state index < -0.39 is 4.92 Å². The van der Waals surface area contributed by atoms with Gasteiger partial charge in [0.15, 0.2) is 0 Å². The largest absolute Gasteiger partial charge is 0.338 e. The first-order valence-corrected chi connectivity index (χ1v) is 5.20. The predicted octanol–water partition coefficient (Wildman–Crippen LogP) is 2.09. The van der Waals surface area contributed by atoms with E-state index in [0.717, 1.165) is 6.42 Å². The zero-order valence-corrected chi connectivity index (χ0v) is 9.11. The summed E-state index contributed by atoms with van der Waals surface area (Å²) in [5.41, 5.74) is 0.0869. The van der Waals surface area contributed by atoms with Gasteiger partial charge in [-0.05, 0) is 12.5 Å². The third-order valence-corrected chi connectivity index (χ3v) is 2.86. The van der Waals surface area contributed by atoms with E-state index in [1.807, 2.05) is 0 Å². The average molecular weight is 241 g/mol. The molecule has 0 radical (unpaired) electrons. The molecule has 0 spiro atoms. The van der Waals surface area contributed by atoms with Gasteiger partial charge in [-0.3, -0.25) is 14.9 Å². The summed E-state index contributed by atoms with van der Waals surface area (Å²) in [5, 5.41) is 10.8. The quantitative estimate of drug-likeness (QED) is 0.587. The van der Waals surface area contributed by atoms with Crippen LogP contribution in [0.1, 0.15) is 16.8 Å². The van der Waals surface area contributed by atoms with Gasteiger partial charge < -0.3 is 4.90 Å². The summed E-state index contributed by atoms with van der Waals surface area (Å²) in [5.74, 6) is -0.236. The molecule has 0 N–H and O–H groups in total. The number of hydrogen-bond acceptors (Lipinski definition) is 3. The van der Waals surface area contributed by atoms with Gasteiger partial charge in [0.1, 0.15) is 0 Å². The van der Waals surface area contributed by atoms with Crippen molar-refractivity contribution < 1.29 is 9.72 Å². The van der Waals surface area contributed by atoms with Gasteiger partial charge in [0, 0.05) is 25.2 Å². The van der Waals surface area contributed by atoms with Crippen LogP contribution in [0.15, 0.2) is 18.2 Å². The molecule has 1 amide bonds. The second-order valence-electron chi connectivity index (χ2n) is 3.57. The second kappa shape index (κ2) is 4.09. The summed E-state index contributed by atoms with van der Waals surface area (Å²) in [6.07, 6.45) is 0.971. The number of amides is 1. The van der Waals surface area contributed by atoms with Gasteiger partial charge >= 0.3 is 0 Å². The lowest BCUT2D eigenvalue weighted by atomic mass is 10.1. The number of halogens is 1. The van der Waals surface area contributed by atoms with Gasteiger partial charge in [-0.1, -0.05) is 11.6 Å². The normalized spacial score (nSPS) is 14.4. The Morgan fingerprint density at radius 1 is 1.44 bits per heavy atom. The van der Waals surface area contributed by atoms with Crippen molar-refractivity contribution in [1.82, 2.24) is 4.90 Å². The SMILES string of the molecule is O=C(c1cc([N+](=O)[O-])ccc1Cl)N1CCC1. The van der Waals surface area contributed by atoms with Crippen LogP contribution >= 0.6 is 11.6 Å². The Bertz CT molecular complexity index is 457. The van der Waals surface area contributed by atoms with Gasteiger partial charge in [-0.2, -0.15) is 0 Å². The van der Waals surface area contributed by atoms with Gasteiger partial charge in [-0.25, -0.2) is 0 Å². The molecule has 1 heterocycles. The summed E-state index contributed by atoms with van der Waals surface area (Å²) in [7, 11) is 0. The van der Waals surface area contributed by atoms with Crippen LogP contribution in [0.3, 0.4) is 0 Å². The van der Waals surface area contributed by atoms with Crippen molar-refractivity contribution in [2.24, 2.45) is 0 Å². The third kappa shape index (κ3) is 1.86. The summed E-state index contributed by atoms with van der Waals surface area (Å²) in [6.45, 7) is 1.38. The fourth-order valence-corrected chi connectivity index (χ4v) is 1.68. The number of benzene rings is 1. The number of rotatable bonds is 2. The van der Waals surface area contributed by atoms with Crippen molar-refractivity contribution in [1.29, 1.82) is 0 Å². The highest BCUT2D eigenvalue weighted by atomic mass is 35.5. The zero-order chi connectivity index (χ0) is 11.7. The monoisotopic (exact) mass is 240 g/mol. The Balaban J connectivity index is 2.34. The molecule has 1 fully saturated rings. The topological polar surface area (TPSA) is 63.4 Å². The molecular formula is C10H9ClN2O3. The predicted molar refractivity (Wildman–Crippen MR) is 58.6 cm³/mol. The Labute approximate surface area is 96.8 Å². The number of nitro benzene ring substituents is 1. The van der Waals surface area contributed by atoms with Crippen LogP contribution in [0.2, 0.25) is 5.02 Å². The number of carbonyl (C=O) groups is 1. The number of non-ortho nitro benzene ring substituents is 1. The second-order valence-corrected chi connectivity index (χ2v) is 3.97. The molecule has 0 aliphatic carbocycles. The van der Waals surface area contributed by atoms with Gasteiger partial charge in [-0.15, -0.1) is 0 Å². The summed E-state index contributed by atoms with van der Waals surface area (Å²) < 4.78 is 0. The molecule has 6 heteroatoms. The van der Waals surface area contributed by atoms with E-state index in [9.17, 15) is 14.9 Å². The molecule has 1 aliphatic rings. The fraction of sp³-hybridized carbons (Fsp3) is 0.300. The highest BCUT2D eigenvalue weighted by molar-refractivity contribution is 6.33. The molecule has 5 nitrogen and oxygen atoms in total. The summed E-state index contributed by atoms with van der Waals surface area (Å²) >= 11 is 5.85. The minimum absolute atomic E-state index is 0.117. The Kier molecular flexibility index (Phi) is 2.78. The van der Waals surface area contributed by atoms with Crippen LogP contribution < -0.4 is 0 Å². The standard InChI is InChI=1S/C10H9ClN2O3/c11-9-3-2-7(13(15)16)6-8(9)10(14)12-4-1-5-12/h2-3,6H,1,4-5H2. The van der Waals surface area contributed by atoms with E-state index in [-0.39, 0.29) is 22.2 Å². The van der Waals surface area contributed by atoms with E-state index in [2.05, 4.69) is 0 Å². The molecule has 0 atom stereocenters. The molecule has 0 saturated carbocycles. The first-order chi connectivity index (χ1) is 7.59. The maximum atomic E-state index is 11.8. The Morgan fingerprint density at radius 3 is 2.62 bits per heavy atom. The van der Waals surface area contributed by atoms with Crippen LogP contribution in [-0.2, 0) is 0 Å². The van der Waals surface area contributed by atoms with Crippen LogP contribution in [0.5, 0.6) is 0 Å². The molecule has 1 saturated heterocycles. The van der Waals surface area contributed by atoms with Crippen LogP contribution in [-0.4, -0.2) is 28.8 Å². The number of hydrogen-bond donors (Lipinski definition) is 0. The Hall–Kier alpha value is -1.62. The maximum absolute atomic E-state index is 11.8. The lowest BCUT2D eigenvalue weighted by Crippen LogP contribution is -2.42. The van der Waals surface area contributed by atoms with Crippen molar-refractivity contribution in [3.8, 4) is 0 Å². The van der Waals surface area contributed by atoms with Crippen molar-refractivity contribution >= 4 is 23.2 Å². The molecule has 84 valence electrons. The first kappa shape index (κ1) is 10.9. The molecule has 1 aliphatic heterocycles. The minimum Gasteiger partial charge on any atom is -0.338 e. The Morgan fingerprint density at radius 2 is 2.12 bits per heavy atom. The molecule has 0 bridgehead atoms. The highest BCUT2D eigenvalue weighted by Gasteiger charge is 2.24. The van der Waals surface area contributed by atoms with Crippen molar-refractivity contribution in [2.45, 2.75) is 6.42 Å². The number of nitrogens with zero attached hydrogens (tertiary/aromatic N) is 2. The highest BCUT2D eigenvalue weighted by Crippen LogP contribution is 2.24. The summed E-state index contributed by atoms with van der Waals surface area (Å²) in [6, 6.07) is 3.89. The van der Waals surface area contributed by atoms with E-state index in [4.69, 9.17) is 11.6 Å². The molecule has 1 aromatic carbocycles. The fourth-order valence-electron chi connectivity index (χ4n) is 1.48. The number of nitro groups is 1.